The smallest absolute Gasteiger partial charge is 0.243 e. The zero-order valence-corrected chi connectivity index (χ0v) is 13.4. The molecule has 1 fully saturated rings. The third-order valence-electron chi connectivity index (χ3n) is 3.63. The second-order valence-corrected chi connectivity index (χ2v) is 7.21. The van der Waals surface area contributed by atoms with Gasteiger partial charge in [-0.15, -0.1) is 11.6 Å². The Balaban J connectivity index is 2.45. The van der Waals surface area contributed by atoms with E-state index in [1.165, 1.54) is 4.31 Å². The Labute approximate surface area is 125 Å². The second-order valence-electron chi connectivity index (χ2n) is 5.04. The van der Waals surface area contributed by atoms with E-state index in [9.17, 15) is 8.42 Å². The minimum absolute atomic E-state index is 0.312. The van der Waals surface area contributed by atoms with Gasteiger partial charge in [0, 0.05) is 25.6 Å². The standard InChI is InChI=1S/C14H20ClNO3S/c1-11-8-13(10-15)9-14(12(11)2)20(17,18)16-4-3-6-19-7-5-16/h8-9H,3-7,10H2,1-2H3. The number of hydrogen-bond donors (Lipinski definition) is 0. The van der Waals surface area contributed by atoms with Gasteiger partial charge in [0.1, 0.15) is 0 Å². The summed E-state index contributed by atoms with van der Waals surface area (Å²) in [4.78, 5) is 0.370. The molecule has 0 bridgehead atoms. The van der Waals surface area contributed by atoms with Gasteiger partial charge in [-0.1, -0.05) is 6.07 Å². The molecule has 20 heavy (non-hydrogen) atoms. The summed E-state index contributed by atoms with van der Waals surface area (Å²) < 4.78 is 32.5. The second kappa shape index (κ2) is 6.43. The summed E-state index contributed by atoms with van der Waals surface area (Å²) in [5, 5.41) is 0. The van der Waals surface area contributed by atoms with Gasteiger partial charge in [0.15, 0.2) is 0 Å². The molecule has 0 N–H and O–H groups in total. The number of halogens is 1. The first-order chi connectivity index (χ1) is 9.46. The first-order valence-corrected chi connectivity index (χ1v) is 8.68. The molecule has 0 amide bonds. The van der Waals surface area contributed by atoms with Crippen molar-refractivity contribution in [3.05, 3.63) is 28.8 Å². The van der Waals surface area contributed by atoms with Crippen molar-refractivity contribution in [1.82, 2.24) is 4.31 Å². The van der Waals surface area contributed by atoms with Crippen LogP contribution in [0.4, 0.5) is 0 Å². The zero-order valence-electron chi connectivity index (χ0n) is 11.9. The van der Waals surface area contributed by atoms with Crippen molar-refractivity contribution in [2.45, 2.75) is 31.0 Å². The Morgan fingerprint density at radius 1 is 1.25 bits per heavy atom. The fourth-order valence-electron chi connectivity index (χ4n) is 2.35. The fraction of sp³-hybridized carbons (Fsp3) is 0.571. The Kier molecular flexibility index (Phi) is 5.07. The van der Waals surface area contributed by atoms with Crippen molar-refractivity contribution < 1.29 is 13.2 Å². The molecule has 1 aliphatic heterocycles. The van der Waals surface area contributed by atoms with E-state index in [4.69, 9.17) is 16.3 Å². The third kappa shape index (κ3) is 3.17. The number of nitrogens with zero attached hydrogens (tertiary/aromatic N) is 1. The maximum atomic E-state index is 12.8. The minimum Gasteiger partial charge on any atom is -0.380 e. The van der Waals surface area contributed by atoms with Gasteiger partial charge >= 0.3 is 0 Å². The van der Waals surface area contributed by atoms with Gasteiger partial charge in [-0.2, -0.15) is 4.31 Å². The first-order valence-electron chi connectivity index (χ1n) is 6.71. The highest BCUT2D eigenvalue weighted by atomic mass is 35.5. The summed E-state index contributed by atoms with van der Waals surface area (Å²) in [5.74, 6) is 0.312. The maximum Gasteiger partial charge on any atom is 0.243 e. The predicted molar refractivity (Wildman–Crippen MR) is 79.7 cm³/mol. The highest BCUT2D eigenvalue weighted by Crippen LogP contribution is 2.25. The average molecular weight is 318 g/mol. The molecule has 0 unspecified atom stereocenters. The van der Waals surface area contributed by atoms with Crippen molar-refractivity contribution in [1.29, 1.82) is 0 Å². The van der Waals surface area contributed by atoms with Crippen LogP contribution in [-0.4, -0.2) is 39.0 Å². The molecule has 1 aliphatic rings. The van der Waals surface area contributed by atoms with Crippen molar-refractivity contribution in [2.75, 3.05) is 26.3 Å². The number of hydrogen-bond acceptors (Lipinski definition) is 3. The van der Waals surface area contributed by atoms with Gasteiger partial charge < -0.3 is 4.74 Å². The van der Waals surface area contributed by atoms with E-state index in [1.54, 1.807) is 6.07 Å². The summed E-state index contributed by atoms with van der Waals surface area (Å²) >= 11 is 5.86. The lowest BCUT2D eigenvalue weighted by Crippen LogP contribution is -2.33. The van der Waals surface area contributed by atoms with Crippen LogP contribution < -0.4 is 0 Å². The number of benzene rings is 1. The zero-order chi connectivity index (χ0) is 14.8. The lowest BCUT2D eigenvalue weighted by Gasteiger charge is -2.21. The number of ether oxygens (including phenoxy) is 1. The lowest BCUT2D eigenvalue weighted by atomic mass is 10.1. The molecule has 0 radical (unpaired) electrons. The number of rotatable bonds is 3. The molecule has 0 aromatic heterocycles. The van der Waals surface area contributed by atoms with Gasteiger partial charge in [0.25, 0.3) is 0 Å². The van der Waals surface area contributed by atoms with Crippen LogP contribution in [0.3, 0.4) is 0 Å². The molecule has 1 aromatic rings. The molecular formula is C14H20ClNO3S. The monoisotopic (exact) mass is 317 g/mol. The molecule has 1 saturated heterocycles. The number of alkyl halides is 1. The Hall–Kier alpha value is -0.620. The molecule has 1 aromatic carbocycles. The average Bonchev–Trinajstić information content (AvgIpc) is 2.70. The van der Waals surface area contributed by atoms with E-state index in [-0.39, 0.29) is 0 Å². The SMILES string of the molecule is Cc1cc(CCl)cc(S(=O)(=O)N2CCCOCC2)c1C. The minimum atomic E-state index is -3.48. The third-order valence-corrected chi connectivity index (χ3v) is 5.97. The van der Waals surface area contributed by atoms with Crippen molar-refractivity contribution >= 4 is 21.6 Å². The van der Waals surface area contributed by atoms with E-state index in [0.717, 1.165) is 23.1 Å². The molecule has 1 heterocycles. The largest absolute Gasteiger partial charge is 0.380 e. The molecule has 2 rings (SSSR count). The molecule has 0 saturated carbocycles. The fourth-order valence-corrected chi connectivity index (χ4v) is 4.31. The van der Waals surface area contributed by atoms with E-state index >= 15 is 0 Å². The summed E-state index contributed by atoms with van der Waals surface area (Å²) in [5.41, 5.74) is 2.58. The molecule has 112 valence electrons. The molecule has 0 atom stereocenters. The number of sulfonamides is 1. The highest BCUT2D eigenvalue weighted by molar-refractivity contribution is 7.89. The van der Waals surface area contributed by atoms with Crippen molar-refractivity contribution in [2.24, 2.45) is 0 Å². The van der Waals surface area contributed by atoms with Crippen LogP contribution in [0.15, 0.2) is 17.0 Å². The lowest BCUT2D eigenvalue weighted by molar-refractivity contribution is 0.148. The maximum absolute atomic E-state index is 12.8. The van der Waals surface area contributed by atoms with Gasteiger partial charge in [0.2, 0.25) is 10.0 Å². The number of aryl methyl sites for hydroxylation is 1. The van der Waals surface area contributed by atoms with Crippen LogP contribution in [0.25, 0.3) is 0 Å². The molecule has 4 nitrogen and oxygen atoms in total. The predicted octanol–water partition coefficient (Wildman–Crippen LogP) is 2.45. The molecular weight excluding hydrogens is 298 g/mol. The quantitative estimate of drug-likeness (QED) is 0.805. The summed E-state index contributed by atoms with van der Waals surface area (Å²) in [6.07, 6.45) is 0.729. The van der Waals surface area contributed by atoms with Gasteiger partial charge in [-0.3, -0.25) is 0 Å². The van der Waals surface area contributed by atoms with E-state index in [0.29, 0.717) is 37.1 Å². The van der Waals surface area contributed by atoms with Crippen LogP contribution in [0, 0.1) is 13.8 Å². The molecule has 0 aliphatic carbocycles. The highest BCUT2D eigenvalue weighted by Gasteiger charge is 2.27. The normalized spacial score (nSPS) is 17.9. The van der Waals surface area contributed by atoms with Gasteiger partial charge in [-0.05, 0) is 43.0 Å². The van der Waals surface area contributed by atoms with Crippen LogP contribution in [0.1, 0.15) is 23.1 Å². The van der Waals surface area contributed by atoms with Crippen molar-refractivity contribution in [3.8, 4) is 0 Å². The van der Waals surface area contributed by atoms with Crippen LogP contribution in [0.2, 0.25) is 0 Å². The molecule has 0 spiro atoms. The first kappa shape index (κ1) is 15.8. The Morgan fingerprint density at radius 3 is 2.70 bits per heavy atom. The van der Waals surface area contributed by atoms with E-state index in [1.807, 2.05) is 19.9 Å². The van der Waals surface area contributed by atoms with Crippen LogP contribution >= 0.6 is 11.6 Å². The Bertz CT molecular complexity index is 578. The topological polar surface area (TPSA) is 46.6 Å². The van der Waals surface area contributed by atoms with Crippen LogP contribution in [-0.2, 0) is 20.6 Å². The van der Waals surface area contributed by atoms with Gasteiger partial charge in [-0.25, -0.2) is 8.42 Å². The summed E-state index contributed by atoms with van der Waals surface area (Å²) in [7, 11) is -3.48. The summed E-state index contributed by atoms with van der Waals surface area (Å²) in [6.45, 7) is 5.74. The summed E-state index contributed by atoms with van der Waals surface area (Å²) in [6, 6.07) is 3.63. The van der Waals surface area contributed by atoms with Crippen molar-refractivity contribution in [3.63, 3.8) is 0 Å². The molecule has 6 heteroatoms. The van der Waals surface area contributed by atoms with E-state index in [2.05, 4.69) is 0 Å². The van der Waals surface area contributed by atoms with Gasteiger partial charge in [0.05, 0.1) is 11.5 Å². The Morgan fingerprint density at radius 2 is 2.00 bits per heavy atom. The van der Waals surface area contributed by atoms with E-state index < -0.39 is 10.0 Å². The van der Waals surface area contributed by atoms with Crippen LogP contribution in [0.5, 0.6) is 0 Å².